The summed E-state index contributed by atoms with van der Waals surface area (Å²) >= 11 is 9.70. The van der Waals surface area contributed by atoms with E-state index in [0.717, 1.165) is 35.4 Å². The average molecular weight is 356 g/mol. The second kappa shape index (κ2) is 7.28. The standard InChI is InChI=1S/C16H20BrClN2/c1-3-20-16(7-12(2)19-20)10-14(11-17)8-13-5-4-6-15(18)9-13/h4-7,9,14H,3,8,10-11H2,1-2H3. The predicted octanol–water partition coefficient (Wildman–Crippen LogP) is 4.66. The molecule has 2 rings (SSSR count). The first-order valence-corrected chi connectivity index (χ1v) is 8.46. The smallest absolute Gasteiger partial charge is 0.0596 e. The van der Waals surface area contributed by atoms with E-state index in [0.29, 0.717) is 5.92 Å². The molecule has 1 unspecified atom stereocenters. The minimum absolute atomic E-state index is 0.551. The third-order valence-electron chi connectivity index (χ3n) is 3.41. The molecule has 1 atom stereocenters. The lowest BCUT2D eigenvalue weighted by molar-refractivity contribution is 0.536. The van der Waals surface area contributed by atoms with Crippen LogP contribution in [0.5, 0.6) is 0 Å². The molecule has 2 nitrogen and oxygen atoms in total. The summed E-state index contributed by atoms with van der Waals surface area (Å²) in [6.07, 6.45) is 2.06. The van der Waals surface area contributed by atoms with E-state index in [2.05, 4.69) is 57.8 Å². The molecule has 0 amide bonds. The summed E-state index contributed by atoms with van der Waals surface area (Å²) in [7, 11) is 0. The van der Waals surface area contributed by atoms with E-state index in [9.17, 15) is 0 Å². The molecule has 0 fully saturated rings. The molecule has 1 aromatic heterocycles. The first-order valence-electron chi connectivity index (χ1n) is 6.96. The van der Waals surface area contributed by atoms with Crippen LogP contribution < -0.4 is 0 Å². The predicted molar refractivity (Wildman–Crippen MR) is 88.8 cm³/mol. The van der Waals surface area contributed by atoms with Gasteiger partial charge in [-0.2, -0.15) is 5.10 Å². The Kier molecular flexibility index (Phi) is 5.67. The molecule has 4 heteroatoms. The van der Waals surface area contributed by atoms with Crippen LogP contribution >= 0.6 is 27.5 Å². The van der Waals surface area contributed by atoms with Gasteiger partial charge in [0, 0.05) is 22.6 Å². The lowest BCUT2D eigenvalue weighted by Gasteiger charge is -2.15. The van der Waals surface area contributed by atoms with E-state index in [-0.39, 0.29) is 0 Å². The van der Waals surface area contributed by atoms with E-state index < -0.39 is 0 Å². The number of rotatable bonds is 6. The Bertz CT molecular complexity index is 565. The van der Waals surface area contributed by atoms with Crippen LogP contribution in [0.25, 0.3) is 0 Å². The molecule has 1 aromatic carbocycles. The molecule has 0 saturated carbocycles. The highest BCUT2D eigenvalue weighted by molar-refractivity contribution is 9.09. The summed E-state index contributed by atoms with van der Waals surface area (Å²) in [5.74, 6) is 0.551. The molecule has 0 aliphatic carbocycles. The van der Waals surface area contributed by atoms with Crippen molar-refractivity contribution in [3.8, 4) is 0 Å². The van der Waals surface area contributed by atoms with Crippen molar-refractivity contribution in [3.05, 3.63) is 52.3 Å². The Morgan fingerprint density at radius 2 is 2.10 bits per heavy atom. The molecule has 0 saturated heterocycles. The van der Waals surface area contributed by atoms with Gasteiger partial charge in [0.25, 0.3) is 0 Å². The number of hydrogen-bond donors (Lipinski definition) is 0. The lowest BCUT2D eigenvalue weighted by atomic mass is 9.96. The molecule has 0 spiro atoms. The highest BCUT2D eigenvalue weighted by atomic mass is 79.9. The molecule has 2 aromatic rings. The highest BCUT2D eigenvalue weighted by Crippen LogP contribution is 2.20. The molecule has 0 aliphatic rings. The van der Waals surface area contributed by atoms with Gasteiger partial charge in [0.2, 0.25) is 0 Å². The molecular formula is C16H20BrClN2. The Labute approximate surface area is 134 Å². The number of aryl methyl sites for hydroxylation is 2. The van der Waals surface area contributed by atoms with Crippen LogP contribution in [0.1, 0.15) is 23.9 Å². The fourth-order valence-electron chi connectivity index (χ4n) is 2.51. The monoisotopic (exact) mass is 354 g/mol. The van der Waals surface area contributed by atoms with E-state index in [1.807, 2.05) is 12.1 Å². The van der Waals surface area contributed by atoms with Crippen LogP contribution in [0.3, 0.4) is 0 Å². The van der Waals surface area contributed by atoms with E-state index in [4.69, 9.17) is 11.6 Å². The topological polar surface area (TPSA) is 17.8 Å². The number of hydrogen-bond acceptors (Lipinski definition) is 1. The van der Waals surface area contributed by atoms with Crippen LogP contribution in [0.4, 0.5) is 0 Å². The Morgan fingerprint density at radius 3 is 2.75 bits per heavy atom. The quantitative estimate of drug-likeness (QED) is 0.689. The molecule has 1 heterocycles. The van der Waals surface area contributed by atoms with Crippen LogP contribution in [-0.2, 0) is 19.4 Å². The zero-order chi connectivity index (χ0) is 14.5. The fraction of sp³-hybridized carbons (Fsp3) is 0.438. The van der Waals surface area contributed by atoms with Crippen LogP contribution in [0.15, 0.2) is 30.3 Å². The number of halogens is 2. The molecule has 20 heavy (non-hydrogen) atoms. The van der Waals surface area contributed by atoms with Gasteiger partial charge in [-0.15, -0.1) is 0 Å². The van der Waals surface area contributed by atoms with Crippen LogP contribution in [0, 0.1) is 12.8 Å². The van der Waals surface area contributed by atoms with Gasteiger partial charge < -0.3 is 0 Å². The Hall–Kier alpha value is -0.800. The number of nitrogens with zero attached hydrogens (tertiary/aromatic N) is 2. The van der Waals surface area contributed by atoms with Crippen molar-refractivity contribution in [2.75, 3.05) is 5.33 Å². The second-order valence-electron chi connectivity index (χ2n) is 5.15. The van der Waals surface area contributed by atoms with Gasteiger partial charge in [-0.3, -0.25) is 4.68 Å². The van der Waals surface area contributed by atoms with Gasteiger partial charge in [-0.05, 0) is 56.4 Å². The van der Waals surface area contributed by atoms with E-state index in [1.54, 1.807) is 0 Å². The minimum Gasteiger partial charge on any atom is -0.270 e. The van der Waals surface area contributed by atoms with Crippen LogP contribution in [-0.4, -0.2) is 15.1 Å². The maximum absolute atomic E-state index is 6.06. The van der Waals surface area contributed by atoms with Crippen molar-refractivity contribution < 1.29 is 0 Å². The van der Waals surface area contributed by atoms with Crippen molar-refractivity contribution in [1.82, 2.24) is 9.78 Å². The van der Waals surface area contributed by atoms with Crippen molar-refractivity contribution in [2.45, 2.75) is 33.2 Å². The summed E-state index contributed by atoms with van der Waals surface area (Å²) in [4.78, 5) is 0. The molecule has 0 aliphatic heterocycles. The fourth-order valence-corrected chi connectivity index (χ4v) is 3.18. The van der Waals surface area contributed by atoms with Gasteiger partial charge >= 0.3 is 0 Å². The van der Waals surface area contributed by atoms with Crippen molar-refractivity contribution >= 4 is 27.5 Å². The largest absolute Gasteiger partial charge is 0.270 e. The van der Waals surface area contributed by atoms with Crippen LogP contribution in [0.2, 0.25) is 5.02 Å². The Balaban J connectivity index is 2.08. The SMILES string of the molecule is CCn1nc(C)cc1CC(CBr)Cc1cccc(Cl)c1. The molecule has 0 N–H and O–H groups in total. The number of alkyl halides is 1. The maximum Gasteiger partial charge on any atom is 0.0596 e. The second-order valence-corrected chi connectivity index (χ2v) is 6.24. The van der Waals surface area contributed by atoms with E-state index in [1.165, 1.54) is 11.3 Å². The third kappa shape index (κ3) is 4.10. The van der Waals surface area contributed by atoms with Gasteiger partial charge in [-0.1, -0.05) is 39.7 Å². The van der Waals surface area contributed by atoms with Gasteiger partial charge in [0.15, 0.2) is 0 Å². The van der Waals surface area contributed by atoms with Crippen molar-refractivity contribution in [2.24, 2.45) is 5.92 Å². The lowest BCUT2D eigenvalue weighted by Crippen LogP contribution is -2.13. The number of benzene rings is 1. The minimum atomic E-state index is 0.551. The van der Waals surface area contributed by atoms with Crippen molar-refractivity contribution in [3.63, 3.8) is 0 Å². The molecule has 0 bridgehead atoms. The highest BCUT2D eigenvalue weighted by Gasteiger charge is 2.13. The zero-order valence-corrected chi connectivity index (χ0v) is 14.3. The summed E-state index contributed by atoms with van der Waals surface area (Å²) < 4.78 is 2.10. The maximum atomic E-state index is 6.06. The molecular weight excluding hydrogens is 336 g/mol. The van der Waals surface area contributed by atoms with Crippen molar-refractivity contribution in [1.29, 1.82) is 0 Å². The zero-order valence-electron chi connectivity index (χ0n) is 11.9. The summed E-state index contributed by atoms with van der Waals surface area (Å²) in [5.41, 5.74) is 3.70. The normalized spacial score (nSPS) is 12.6. The van der Waals surface area contributed by atoms with Gasteiger partial charge in [0.1, 0.15) is 0 Å². The molecule has 0 radical (unpaired) electrons. The first-order chi connectivity index (χ1) is 9.62. The van der Waals surface area contributed by atoms with E-state index >= 15 is 0 Å². The Morgan fingerprint density at radius 1 is 1.30 bits per heavy atom. The third-order valence-corrected chi connectivity index (χ3v) is 4.57. The average Bonchev–Trinajstić information content (AvgIpc) is 2.78. The van der Waals surface area contributed by atoms with Gasteiger partial charge in [0.05, 0.1) is 5.69 Å². The number of aromatic nitrogens is 2. The summed E-state index contributed by atoms with van der Waals surface area (Å²) in [6.45, 7) is 5.11. The molecule has 108 valence electrons. The summed E-state index contributed by atoms with van der Waals surface area (Å²) in [6, 6.07) is 10.3. The van der Waals surface area contributed by atoms with Gasteiger partial charge in [-0.25, -0.2) is 0 Å². The first kappa shape index (κ1) is 15.6. The summed E-state index contributed by atoms with van der Waals surface area (Å²) in [5, 5.41) is 6.31.